The number of allylic oxidation sites excluding steroid dienone is 1. The van der Waals surface area contributed by atoms with Gasteiger partial charge in [-0.15, -0.1) is 0 Å². The van der Waals surface area contributed by atoms with Gasteiger partial charge in [0.25, 0.3) is 5.91 Å². The van der Waals surface area contributed by atoms with Crippen LogP contribution < -0.4 is 10.6 Å². The van der Waals surface area contributed by atoms with E-state index in [1.165, 1.54) is 44.6 Å². The molecule has 0 atom stereocenters. The van der Waals surface area contributed by atoms with E-state index < -0.39 is 5.97 Å². The number of nitrogens with zero attached hydrogens (tertiary/aromatic N) is 1. The van der Waals surface area contributed by atoms with Gasteiger partial charge < -0.3 is 15.4 Å². The third kappa shape index (κ3) is 5.19. The first-order valence-electron chi connectivity index (χ1n) is 9.54. The number of hydrogen-bond acceptors (Lipinski definition) is 5. The van der Waals surface area contributed by atoms with Crippen LogP contribution in [0.2, 0.25) is 0 Å². The number of benzene rings is 1. The molecule has 3 rings (SSSR count). The number of aromatic nitrogens is 1. The van der Waals surface area contributed by atoms with Crippen molar-refractivity contribution in [3.05, 3.63) is 65.4 Å². The van der Waals surface area contributed by atoms with Gasteiger partial charge in [-0.2, -0.15) is 0 Å². The molecule has 2 N–H and O–H groups in total. The molecule has 0 saturated heterocycles. The summed E-state index contributed by atoms with van der Waals surface area (Å²) in [5.74, 6) is -0.0904. The maximum absolute atomic E-state index is 12.5. The van der Waals surface area contributed by atoms with E-state index in [4.69, 9.17) is 4.74 Å². The number of methoxy groups -OCH3 is 1. The number of ether oxygens (including phenoxy) is 1. The molecule has 1 aromatic carbocycles. The maximum Gasteiger partial charge on any atom is 0.339 e. The van der Waals surface area contributed by atoms with Crippen LogP contribution in [0.1, 0.15) is 52.8 Å². The van der Waals surface area contributed by atoms with Gasteiger partial charge in [0.2, 0.25) is 0 Å². The lowest BCUT2D eigenvalue weighted by atomic mass is 9.97. The summed E-state index contributed by atoms with van der Waals surface area (Å²) in [4.78, 5) is 28.6. The van der Waals surface area contributed by atoms with Crippen LogP contribution in [0, 0.1) is 0 Å². The highest BCUT2D eigenvalue weighted by Crippen LogP contribution is 2.20. The topological polar surface area (TPSA) is 80.3 Å². The molecule has 6 heteroatoms. The Morgan fingerprint density at radius 2 is 2.00 bits per heavy atom. The number of para-hydroxylation sites is 1. The van der Waals surface area contributed by atoms with E-state index in [-0.39, 0.29) is 5.91 Å². The Morgan fingerprint density at radius 3 is 2.71 bits per heavy atom. The average molecular weight is 379 g/mol. The minimum absolute atomic E-state index is 0.307. The van der Waals surface area contributed by atoms with Gasteiger partial charge in [0, 0.05) is 12.7 Å². The van der Waals surface area contributed by atoms with Crippen LogP contribution >= 0.6 is 0 Å². The molecule has 0 radical (unpaired) electrons. The molecule has 0 aliphatic heterocycles. The van der Waals surface area contributed by atoms with Gasteiger partial charge in [0.05, 0.1) is 23.9 Å². The number of nitrogens with one attached hydrogen (secondary N) is 2. The highest BCUT2D eigenvalue weighted by atomic mass is 16.5. The van der Waals surface area contributed by atoms with Crippen molar-refractivity contribution in [3.8, 4) is 0 Å². The first-order valence-corrected chi connectivity index (χ1v) is 9.54. The number of carbonyl (C=O) groups excluding carboxylic acids is 2. The highest BCUT2D eigenvalue weighted by molar-refractivity contribution is 6.07. The monoisotopic (exact) mass is 379 g/mol. The summed E-state index contributed by atoms with van der Waals surface area (Å²) in [5, 5.41) is 6.03. The predicted octanol–water partition coefficient (Wildman–Crippen LogP) is 4.42. The molecule has 1 amide bonds. The lowest BCUT2D eigenvalue weighted by molar-refractivity contribution is 0.0602. The lowest BCUT2D eigenvalue weighted by Gasteiger charge is -2.13. The summed E-state index contributed by atoms with van der Waals surface area (Å²) in [5.41, 5.74) is 2.64. The number of carbonyl (C=O) groups is 2. The Hall–Kier alpha value is -3.15. The van der Waals surface area contributed by atoms with E-state index >= 15 is 0 Å². The van der Waals surface area contributed by atoms with E-state index in [2.05, 4.69) is 21.7 Å². The van der Waals surface area contributed by atoms with Gasteiger partial charge >= 0.3 is 5.97 Å². The summed E-state index contributed by atoms with van der Waals surface area (Å²) < 4.78 is 4.75. The van der Waals surface area contributed by atoms with E-state index in [1.54, 1.807) is 36.4 Å². The van der Waals surface area contributed by atoms with Crippen LogP contribution in [0.4, 0.5) is 11.5 Å². The number of rotatable bonds is 7. The van der Waals surface area contributed by atoms with Gasteiger partial charge in [0.15, 0.2) is 0 Å². The standard InChI is InChI=1S/C22H25N3O3/c1-28-22(27)18-9-5-6-10-19(18)25-21(26)17-11-12-20(24-15-17)23-14-13-16-7-3-2-4-8-16/h5-7,9-12,15H,2-4,8,13-14H2,1H3,(H,23,24)(H,25,26). The zero-order chi connectivity index (χ0) is 19.8. The van der Waals surface area contributed by atoms with E-state index in [0.29, 0.717) is 16.8 Å². The molecule has 1 aliphatic carbocycles. The van der Waals surface area contributed by atoms with Gasteiger partial charge in [0.1, 0.15) is 5.82 Å². The minimum Gasteiger partial charge on any atom is -0.465 e. The van der Waals surface area contributed by atoms with Crippen molar-refractivity contribution < 1.29 is 14.3 Å². The fourth-order valence-corrected chi connectivity index (χ4v) is 3.19. The van der Waals surface area contributed by atoms with Gasteiger partial charge in [-0.25, -0.2) is 9.78 Å². The second-order valence-electron chi connectivity index (χ2n) is 6.71. The van der Waals surface area contributed by atoms with Gasteiger partial charge in [-0.1, -0.05) is 23.8 Å². The summed E-state index contributed by atoms with van der Waals surface area (Å²) >= 11 is 0. The number of amides is 1. The van der Waals surface area contributed by atoms with Crippen molar-refractivity contribution in [2.75, 3.05) is 24.3 Å². The van der Waals surface area contributed by atoms with Gasteiger partial charge in [-0.05, 0) is 56.4 Å². The first kappa shape index (κ1) is 19.6. The number of esters is 1. The fraction of sp³-hybridized carbons (Fsp3) is 0.318. The molecular formula is C22H25N3O3. The van der Waals surface area contributed by atoms with Crippen LogP contribution in [0.25, 0.3) is 0 Å². The summed E-state index contributed by atoms with van der Waals surface area (Å²) in [7, 11) is 1.31. The molecule has 146 valence electrons. The lowest BCUT2D eigenvalue weighted by Crippen LogP contribution is -2.16. The van der Waals surface area contributed by atoms with Crippen LogP contribution in [-0.2, 0) is 4.74 Å². The quantitative estimate of drug-likeness (QED) is 0.550. The predicted molar refractivity (Wildman–Crippen MR) is 110 cm³/mol. The van der Waals surface area contributed by atoms with E-state index in [9.17, 15) is 9.59 Å². The zero-order valence-corrected chi connectivity index (χ0v) is 16.0. The molecule has 0 spiro atoms. The molecule has 1 aliphatic rings. The Morgan fingerprint density at radius 1 is 1.14 bits per heavy atom. The molecular weight excluding hydrogens is 354 g/mol. The van der Waals surface area contributed by atoms with Crippen molar-refractivity contribution in [1.82, 2.24) is 4.98 Å². The molecule has 6 nitrogen and oxygen atoms in total. The molecule has 1 heterocycles. The molecule has 1 aromatic heterocycles. The summed E-state index contributed by atoms with van der Waals surface area (Å²) in [6, 6.07) is 10.2. The van der Waals surface area contributed by atoms with Crippen molar-refractivity contribution in [1.29, 1.82) is 0 Å². The second kappa shape index (κ2) is 9.69. The Kier molecular flexibility index (Phi) is 6.78. The van der Waals surface area contributed by atoms with Crippen LogP contribution in [-0.4, -0.2) is 30.5 Å². The first-order chi connectivity index (χ1) is 13.7. The number of hydrogen-bond donors (Lipinski definition) is 2. The number of anilines is 2. The van der Waals surface area contributed by atoms with Crippen LogP contribution in [0.15, 0.2) is 54.2 Å². The third-order valence-electron chi connectivity index (χ3n) is 4.74. The molecule has 2 aromatic rings. The minimum atomic E-state index is -0.498. The fourth-order valence-electron chi connectivity index (χ4n) is 3.19. The Balaban J connectivity index is 1.57. The molecule has 0 fully saturated rings. The van der Waals surface area contributed by atoms with Crippen molar-refractivity contribution in [2.45, 2.75) is 32.1 Å². The third-order valence-corrected chi connectivity index (χ3v) is 4.74. The highest BCUT2D eigenvalue weighted by Gasteiger charge is 2.14. The molecule has 0 saturated carbocycles. The van der Waals surface area contributed by atoms with E-state index in [0.717, 1.165) is 18.8 Å². The normalized spacial score (nSPS) is 13.4. The van der Waals surface area contributed by atoms with Gasteiger partial charge in [-0.3, -0.25) is 4.79 Å². The van der Waals surface area contributed by atoms with Crippen molar-refractivity contribution >= 4 is 23.4 Å². The second-order valence-corrected chi connectivity index (χ2v) is 6.71. The Labute approximate surface area is 165 Å². The zero-order valence-electron chi connectivity index (χ0n) is 16.0. The maximum atomic E-state index is 12.5. The van der Waals surface area contributed by atoms with Crippen LogP contribution in [0.3, 0.4) is 0 Å². The smallest absolute Gasteiger partial charge is 0.339 e. The summed E-state index contributed by atoms with van der Waals surface area (Å²) in [6.45, 7) is 0.830. The van der Waals surface area contributed by atoms with Crippen molar-refractivity contribution in [2.24, 2.45) is 0 Å². The van der Waals surface area contributed by atoms with Crippen LogP contribution in [0.5, 0.6) is 0 Å². The largest absolute Gasteiger partial charge is 0.465 e. The molecule has 0 unspecified atom stereocenters. The molecule has 28 heavy (non-hydrogen) atoms. The Bertz CT molecular complexity index is 860. The van der Waals surface area contributed by atoms with Crippen molar-refractivity contribution in [3.63, 3.8) is 0 Å². The molecule has 0 bridgehead atoms. The SMILES string of the molecule is COC(=O)c1ccccc1NC(=O)c1ccc(NCCC2=CCCCC2)nc1. The average Bonchev–Trinajstić information content (AvgIpc) is 2.75. The summed E-state index contributed by atoms with van der Waals surface area (Å²) in [6.07, 6.45) is 9.86. The number of pyridine rings is 1. The van der Waals surface area contributed by atoms with E-state index in [1.807, 2.05) is 0 Å².